The Morgan fingerprint density at radius 2 is 1.74 bits per heavy atom. The molecule has 0 saturated carbocycles. The zero-order valence-electron chi connectivity index (χ0n) is 23.2. The minimum Gasteiger partial charge on any atom is -0.487 e. The standard InChI is InChI=1S/C28H30ClF3N6O3S/c1-27(2,20-4-6-23(7-5-20)41-17-22-8-9-34-26(35-22)36-42(3,39)40)21-14-19(16-33)25(24(29)15-21)38-12-10-37(11-13-38)18-28(30,31)32/h4-9,14-15H,10-13,17-18H2,1-3H3,(H,34,35,36). The molecule has 0 atom stereocenters. The number of benzene rings is 2. The quantitative estimate of drug-likeness (QED) is 0.356. The molecule has 4 rings (SSSR count). The van der Waals surface area contributed by atoms with E-state index >= 15 is 0 Å². The molecule has 0 amide bonds. The van der Waals surface area contributed by atoms with Crippen LogP contribution >= 0.6 is 11.6 Å². The van der Waals surface area contributed by atoms with Crippen molar-refractivity contribution in [2.75, 3.05) is 48.6 Å². The van der Waals surface area contributed by atoms with E-state index in [1.165, 1.54) is 11.1 Å². The van der Waals surface area contributed by atoms with Crippen molar-refractivity contribution < 1.29 is 26.3 Å². The van der Waals surface area contributed by atoms with E-state index in [-0.39, 0.29) is 25.6 Å². The number of ether oxygens (including phenoxy) is 1. The molecule has 1 aliphatic rings. The van der Waals surface area contributed by atoms with E-state index < -0.39 is 28.2 Å². The van der Waals surface area contributed by atoms with Crippen molar-refractivity contribution in [3.63, 3.8) is 0 Å². The number of nitriles is 1. The maximum atomic E-state index is 12.8. The van der Waals surface area contributed by atoms with Gasteiger partial charge in [0.2, 0.25) is 16.0 Å². The lowest BCUT2D eigenvalue weighted by molar-refractivity contribution is -0.146. The number of aromatic nitrogens is 2. The van der Waals surface area contributed by atoms with Gasteiger partial charge in [-0.3, -0.25) is 9.62 Å². The van der Waals surface area contributed by atoms with Crippen LogP contribution in [0.3, 0.4) is 0 Å². The van der Waals surface area contributed by atoms with Crippen molar-refractivity contribution in [2.45, 2.75) is 32.0 Å². The maximum absolute atomic E-state index is 12.8. The van der Waals surface area contributed by atoms with E-state index in [0.29, 0.717) is 40.8 Å². The molecule has 0 bridgehead atoms. The van der Waals surface area contributed by atoms with Gasteiger partial charge in [-0.05, 0) is 41.5 Å². The number of hydrogen-bond donors (Lipinski definition) is 1. The van der Waals surface area contributed by atoms with Crippen LogP contribution in [0.5, 0.6) is 5.75 Å². The average molecular weight is 623 g/mol. The van der Waals surface area contributed by atoms with Gasteiger partial charge in [0.05, 0.1) is 34.8 Å². The molecule has 2 heterocycles. The highest BCUT2D eigenvalue weighted by molar-refractivity contribution is 7.91. The van der Waals surface area contributed by atoms with E-state index in [0.717, 1.165) is 17.4 Å². The minimum absolute atomic E-state index is 0.0409. The summed E-state index contributed by atoms with van der Waals surface area (Å²) in [4.78, 5) is 11.2. The Morgan fingerprint density at radius 1 is 1.07 bits per heavy atom. The van der Waals surface area contributed by atoms with Crippen molar-refractivity contribution in [3.8, 4) is 11.8 Å². The maximum Gasteiger partial charge on any atom is 0.401 e. The van der Waals surface area contributed by atoms with E-state index in [1.54, 1.807) is 24.3 Å². The lowest BCUT2D eigenvalue weighted by Crippen LogP contribution is -2.49. The van der Waals surface area contributed by atoms with Crippen molar-refractivity contribution in [1.82, 2.24) is 14.9 Å². The monoisotopic (exact) mass is 622 g/mol. The third-order valence-corrected chi connectivity index (χ3v) is 7.79. The molecule has 1 N–H and O–H groups in total. The zero-order chi connectivity index (χ0) is 30.7. The van der Waals surface area contributed by atoms with Gasteiger partial charge in [0, 0.05) is 37.8 Å². The fraction of sp³-hybridized carbons (Fsp3) is 0.393. The van der Waals surface area contributed by atoms with Gasteiger partial charge in [-0.25, -0.2) is 18.4 Å². The molecular weight excluding hydrogens is 593 g/mol. The number of anilines is 2. The van der Waals surface area contributed by atoms with Gasteiger partial charge in [-0.2, -0.15) is 18.4 Å². The summed E-state index contributed by atoms with van der Waals surface area (Å²) in [6.45, 7) is 4.25. The predicted molar refractivity (Wildman–Crippen MR) is 154 cm³/mol. The second-order valence-corrected chi connectivity index (χ2v) is 12.7. The Hall–Kier alpha value is -3.60. The average Bonchev–Trinajstić information content (AvgIpc) is 2.90. The first-order valence-corrected chi connectivity index (χ1v) is 15.2. The first-order valence-electron chi connectivity index (χ1n) is 13.0. The zero-order valence-corrected chi connectivity index (χ0v) is 24.8. The number of nitrogens with one attached hydrogen (secondary N) is 1. The summed E-state index contributed by atoms with van der Waals surface area (Å²) in [5, 5.41) is 10.3. The fourth-order valence-corrected chi connectivity index (χ4v) is 5.50. The van der Waals surface area contributed by atoms with Crippen LogP contribution in [-0.4, -0.2) is 68.4 Å². The van der Waals surface area contributed by atoms with Crippen molar-refractivity contribution >= 4 is 33.3 Å². The molecule has 1 aliphatic heterocycles. The highest BCUT2D eigenvalue weighted by atomic mass is 35.5. The molecule has 3 aromatic rings. The van der Waals surface area contributed by atoms with Crippen LogP contribution in [0.25, 0.3) is 0 Å². The molecule has 1 fully saturated rings. The van der Waals surface area contributed by atoms with Crippen molar-refractivity contribution in [2.24, 2.45) is 0 Å². The summed E-state index contributed by atoms with van der Waals surface area (Å²) in [5.74, 6) is 0.530. The molecular formula is C28H30ClF3N6O3S. The minimum atomic E-state index is -4.25. The SMILES string of the molecule is CC(C)(c1ccc(OCc2ccnc(NS(C)(=O)=O)n2)cc1)c1cc(Cl)c(N2CCN(CC(F)(F)F)CC2)c(C#N)c1. The lowest BCUT2D eigenvalue weighted by Gasteiger charge is -2.37. The van der Waals surface area contributed by atoms with Crippen LogP contribution in [0.2, 0.25) is 5.02 Å². The Morgan fingerprint density at radius 3 is 2.33 bits per heavy atom. The van der Waals surface area contributed by atoms with Gasteiger partial charge in [-0.15, -0.1) is 0 Å². The summed E-state index contributed by atoms with van der Waals surface area (Å²) in [6, 6.07) is 14.8. The van der Waals surface area contributed by atoms with E-state index in [2.05, 4.69) is 20.8 Å². The Balaban J connectivity index is 1.46. The first kappa shape index (κ1) is 31.3. The number of alkyl halides is 3. The highest BCUT2D eigenvalue weighted by Crippen LogP contribution is 2.39. The number of halogens is 4. The van der Waals surface area contributed by atoms with Gasteiger partial charge in [0.25, 0.3) is 0 Å². The third-order valence-electron chi connectivity index (χ3n) is 6.95. The second-order valence-electron chi connectivity index (χ2n) is 10.5. The van der Waals surface area contributed by atoms with Gasteiger partial charge < -0.3 is 9.64 Å². The second kappa shape index (κ2) is 12.3. The topological polar surface area (TPSA) is 111 Å². The Kier molecular flexibility index (Phi) is 9.20. The van der Waals surface area contributed by atoms with Crippen LogP contribution in [0, 0.1) is 11.3 Å². The van der Waals surface area contributed by atoms with Crippen LogP contribution in [0.15, 0.2) is 48.7 Å². The largest absolute Gasteiger partial charge is 0.487 e. The molecule has 9 nitrogen and oxygen atoms in total. The first-order chi connectivity index (χ1) is 19.6. The number of sulfonamides is 1. The van der Waals surface area contributed by atoms with Gasteiger partial charge >= 0.3 is 6.18 Å². The molecule has 1 aromatic heterocycles. The molecule has 2 aromatic carbocycles. The van der Waals surface area contributed by atoms with Crippen LogP contribution in [0.4, 0.5) is 24.8 Å². The summed E-state index contributed by atoms with van der Waals surface area (Å²) < 4.78 is 69.2. The predicted octanol–water partition coefficient (Wildman–Crippen LogP) is 4.96. The molecule has 0 radical (unpaired) electrons. The molecule has 224 valence electrons. The molecule has 0 aliphatic carbocycles. The third kappa shape index (κ3) is 8.02. The lowest BCUT2D eigenvalue weighted by atomic mass is 9.77. The number of piperazine rings is 1. The summed E-state index contributed by atoms with van der Waals surface area (Å²) >= 11 is 6.70. The van der Waals surface area contributed by atoms with Gasteiger partial charge in [0.1, 0.15) is 18.4 Å². The Bertz CT molecular complexity index is 1570. The molecule has 0 spiro atoms. The number of nitrogens with zero attached hydrogens (tertiary/aromatic N) is 5. The van der Waals surface area contributed by atoms with Gasteiger partial charge in [0.15, 0.2) is 0 Å². The van der Waals surface area contributed by atoms with Crippen molar-refractivity contribution in [3.05, 3.63) is 76.1 Å². The van der Waals surface area contributed by atoms with Crippen molar-refractivity contribution in [1.29, 1.82) is 5.26 Å². The van der Waals surface area contributed by atoms with E-state index in [1.807, 2.05) is 36.9 Å². The highest BCUT2D eigenvalue weighted by Gasteiger charge is 2.33. The summed E-state index contributed by atoms with van der Waals surface area (Å²) in [7, 11) is -3.51. The number of rotatable bonds is 9. The van der Waals surface area contributed by atoms with Gasteiger partial charge in [-0.1, -0.05) is 37.6 Å². The normalized spacial score (nSPS) is 14.9. The van der Waals surface area contributed by atoms with E-state index in [4.69, 9.17) is 16.3 Å². The molecule has 1 saturated heterocycles. The number of hydrogen-bond acceptors (Lipinski definition) is 8. The van der Waals surface area contributed by atoms with Crippen LogP contribution < -0.4 is 14.4 Å². The molecule has 14 heteroatoms. The molecule has 42 heavy (non-hydrogen) atoms. The van der Waals surface area contributed by atoms with Crippen LogP contribution in [-0.2, 0) is 22.0 Å². The Labute approximate surface area is 247 Å². The molecule has 0 unspecified atom stereocenters. The van der Waals surface area contributed by atoms with E-state index in [9.17, 15) is 26.9 Å². The van der Waals surface area contributed by atoms with Crippen LogP contribution in [0.1, 0.15) is 36.2 Å². The smallest absolute Gasteiger partial charge is 0.401 e. The summed E-state index contributed by atoms with van der Waals surface area (Å²) in [5.41, 5.74) is 2.59. The summed E-state index contributed by atoms with van der Waals surface area (Å²) in [6.07, 6.45) is -1.81. The fourth-order valence-electron chi connectivity index (χ4n) is 4.73.